The molecule has 0 saturated heterocycles. The third-order valence-electron chi connectivity index (χ3n) is 1.99. The number of halogens is 1. The Morgan fingerprint density at radius 3 is 2.62 bits per heavy atom. The molecular weight excluding hydrogens is 165 g/mol. The van der Waals surface area contributed by atoms with Crippen molar-refractivity contribution < 1.29 is 4.39 Å². The Hall–Kier alpha value is -0.890. The van der Waals surface area contributed by atoms with Gasteiger partial charge in [-0.3, -0.25) is 0 Å². The lowest BCUT2D eigenvalue weighted by Crippen LogP contribution is -2.11. The summed E-state index contributed by atoms with van der Waals surface area (Å²) < 4.78 is 13.5. The van der Waals surface area contributed by atoms with Crippen LogP contribution >= 0.6 is 0 Å². The van der Waals surface area contributed by atoms with Gasteiger partial charge in [-0.25, -0.2) is 4.39 Å². The first-order chi connectivity index (χ1) is 6.04. The third-order valence-corrected chi connectivity index (χ3v) is 1.99. The van der Waals surface area contributed by atoms with Gasteiger partial charge in [-0.15, -0.1) is 0 Å². The number of rotatable bonds is 3. The van der Waals surface area contributed by atoms with Gasteiger partial charge in [-0.05, 0) is 32.0 Å². The minimum Gasteiger partial charge on any atom is -0.316 e. The maximum absolute atomic E-state index is 13.5. The molecule has 1 aromatic carbocycles. The van der Waals surface area contributed by atoms with Crippen molar-refractivity contribution in [2.24, 2.45) is 0 Å². The lowest BCUT2D eigenvalue weighted by Gasteiger charge is -2.15. The molecule has 0 radical (unpaired) electrons. The summed E-state index contributed by atoms with van der Waals surface area (Å²) in [6.07, 6.45) is 0. The molecule has 2 heteroatoms. The Bertz CT molecular complexity index is 276. The van der Waals surface area contributed by atoms with E-state index in [9.17, 15) is 4.39 Å². The minimum absolute atomic E-state index is 0.736. The summed E-state index contributed by atoms with van der Waals surface area (Å²) in [5.74, 6) is 0. The van der Waals surface area contributed by atoms with Crippen LogP contribution in [0.5, 0.6) is 0 Å². The van der Waals surface area contributed by atoms with Crippen molar-refractivity contribution in [2.45, 2.75) is 26.1 Å². The van der Waals surface area contributed by atoms with Crippen LogP contribution in [0.15, 0.2) is 24.3 Å². The maximum Gasteiger partial charge on any atom is 0.130 e. The topological polar surface area (TPSA) is 12.0 Å². The lowest BCUT2D eigenvalue weighted by molar-refractivity contribution is 0.221. The Kier molecular flexibility index (Phi) is 3.04. The van der Waals surface area contributed by atoms with Gasteiger partial charge in [0, 0.05) is 6.54 Å². The monoisotopic (exact) mass is 181 g/mol. The van der Waals surface area contributed by atoms with E-state index in [1.54, 1.807) is 13.8 Å². The van der Waals surface area contributed by atoms with Gasteiger partial charge >= 0.3 is 0 Å². The van der Waals surface area contributed by atoms with Crippen molar-refractivity contribution in [3.63, 3.8) is 0 Å². The first-order valence-corrected chi connectivity index (χ1v) is 4.47. The van der Waals surface area contributed by atoms with Crippen LogP contribution in [-0.4, -0.2) is 7.05 Å². The fraction of sp³-hybridized carbons (Fsp3) is 0.455. The van der Waals surface area contributed by atoms with Gasteiger partial charge < -0.3 is 5.32 Å². The Morgan fingerprint density at radius 1 is 1.38 bits per heavy atom. The largest absolute Gasteiger partial charge is 0.316 e. The number of nitrogens with one attached hydrogen (secondary N) is 1. The molecule has 0 heterocycles. The van der Waals surface area contributed by atoms with Gasteiger partial charge in [-0.2, -0.15) is 0 Å². The number of hydrogen-bond donors (Lipinski definition) is 1. The van der Waals surface area contributed by atoms with Crippen LogP contribution in [0.25, 0.3) is 0 Å². The van der Waals surface area contributed by atoms with Crippen LogP contribution in [0, 0.1) is 0 Å². The summed E-state index contributed by atoms with van der Waals surface area (Å²) in [4.78, 5) is 0. The predicted octanol–water partition coefficient (Wildman–Crippen LogP) is 2.61. The van der Waals surface area contributed by atoms with Gasteiger partial charge in [0.05, 0.1) is 0 Å². The fourth-order valence-corrected chi connectivity index (χ4v) is 1.26. The van der Waals surface area contributed by atoms with Crippen LogP contribution in [0.2, 0.25) is 0 Å². The van der Waals surface area contributed by atoms with Crippen LogP contribution in [-0.2, 0) is 12.2 Å². The van der Waals surface area contributed by atoms with E-state index in [-0.39, 0.29) is 0 Å². The normalized spacial score (nSPS) is 11.7. The molecule has 1 nitrogen and oxygen atoms in total. The average molecular weight is 181 g/mol. The maximum atomic E-state index is 13.5. The Balaban J connectivity index is 2.92. The first kappa shape index (κ1) is 10.2. The van der Waals surface area contributed by atoms with E-state index in [1.807, 2.05) is 31.3 Å². The SMILES string of the molecule is CNCc1cccc(C(C)(C)F)c1. The molecule has 0 bridgehead atoms. The molecule has 0 aliphatic rings. The van der Waals surface area contributed by atoms with E-state index in [1.165, 1.54) is 0 Å². The first-order valence-electron chi connectivity index (χ1n) is 4.47. The molecule has 0 aliphatic heterocycles. The highest BCUT2D eigenvalue weighted by molar-refractivity contribution is 5.27. The van der Waals surface area contributed by atoms with E-state index in [4.69, 9.17) is 0 Å². The van der Waals surface area contributed by atoms with Crippen molar-refractivity contribution >= 4 is 0 Å². The average Bonchev–Trinajstić information content (AvgIpc) is 2.04. The van der Waals surface area contributed by atoms with E-state index < -0.39 is 5.67 Å². The second-order valence-corrected chi connectivity index (χ2v) is 3.70. The molecule has 1 rings (SSSR count). The standard InChI is InChI=1S/C11H16FN/c1-11(2,12)10-6-4-5-9(7-10)8-13-3/h4-7,13H,8H2,1-3H3. The molecule has 0 spiro atoms. The van der Waals surface area contributed by atoms with E-state index in [0.717, 1.165) is 17.7 Å². The van der Waals surface area contributed by atoms with Crippen LogP contribution in [0.1, 0.15) is 25.0 Å². The Morgan fingerprint density at radius 2 is 2.08 bits per heavy atom. The second kappa shape index (κ2) is 3.88. The predicted molar refractivity (Wildman–Crippen MR) is 53.3 cm³/mol. The highest BCUT2D eigenvalue weighted by Crippen LogP contribution is 2.24. The van der Waals surface area contributed by atoms with Crippen LogP contribution < -0.4 is 5.32 Å². The van der Waals surface area contributed by atoms with Crippen LogP contribution in [0.4, 0.5) is 4.39 Å². The molecule has 0 fully saturated rings. The number of alkyl halides is 1. The Labute approximate surface area is 79.0 Å². The molecule has 0 amide bonds. The van der Waals surface area contributed by atoms with Crippen molar-refractivity contribution in [3.8, 4) is 0 Å². The molecule has 13 heavy (non-hydrogen) atoms. The van der Waals surface area contributed by atoms with Gasteiger partial charge in [-0.1, -0.05) is 24.3 Å². The van der Waals surface area contributed by atoms with Gasteiger partial charge in [0.1, 0.15) is 5.67 Å². The molecule has 0 saturated carbocycles. The summed E-state index contributed by atoms with van der Waals surface area (Å²) in [6.45, 7) is 3.93. The highest BCUT2D eigenvalue weighted by atomic mass is 19.1. The molecule has 72 valence electrons. The molecule has 0 atom stereocenters. The molecule has 1 N–H and O–H groups in total. The summed E-state index contributed by atoms with van der Waals surface area (Å²) in [5, 5.41) is 3.04. The summed E-state index contributed by atoms with van der Waals surface area (Å²) >= 11 is 0. The van der Waals surface area contributed by atoms with Gasteiger partial charge in [0.15, 0.2) is 0 Å². The highest BCUT2D eigenvalue weighted by Gasteiger charge is 2.18. The molecule has 1 aromatic rings. The second-order valence-electron chi connectivity index (χ2n) is 3.70. The van der Waals surface area contributed by atoms with Crippen LogP contribution in [0.3, 0.4) is 0 Å². The minimum atomic E-state index is -1.25. The van der Waals surface area contributed by atoms with Crippen molar-refractivity contribution in [1.29, 1.82) is 0 Å². The van der Waals surface area contributed by atoms with Gasteiger partial charge in [0.25, 0.3) is 0 Å². The summed E-state index contributed by atoms with van der Waals surface area (Å²) in [5.41, 5.74) is 0.606. The van der Waals surface area contributed by atoms with Gasteiger partial charge in [0.2, 0.25) is 0 Å². The number of benzene rings is 1. The molecule has 0 unspecified atom stereocenters. The fourth-order valence-electron chi connectivity index (χ4n) is 1.26. The molecule has 0 aliphatic carbocycles. The van der Waals surface area contributed by atoms with E-state index >= 15 is 0 Å². The van der Waals surface area contributed by atoms with Crippen molar-refractivity contribution in [1.82, 2.24) is 5.32 Å². The zero-order valence-electron chi connectivity index (χ0n) is 8.39. The third kappa shape index (κ3) is 2.81. The number of hydrogen-bond acceptors (Lipinski definition) is 1. The summed E-state index contributed by atoms with van der Waals surface area (Å²) in [7, 11) is 1.88. The smallest absolute Gasteiger partial charge is 0.130 e. The van der Waals surface area contributed by atoms with Crippen molar-refractivity contribution in [3.05, 3.63) is 35.4 Å². The zero-order valence-corrected chi connectivity index (χ0v) is 8.39. The lowest BCUT2D eigenvalue weighted by atomic mass is 9.98. The van der Waals surface area contributed by atoms with E-state index in [2.05, 4.69) is 5.32 Å². The van der Waals surface area contributed by atoms with Crippen molar-refractivity contribution in [2.75, 3.05) is 7.05 Å². The molecule has 0 aromatic heterocycles. The molecular formula is C11H16FN. The zero-order chi connectivity index (χ0) is 9.90. The van der Waals surface area contributed by atoms with E-state index in [0.29, 0.717) is 0 Å². The quantitative estimate of drug-likeness (QED) is 0.755. The summed E-state index contributed by atoms with van der Waals surface area (Å²) in [6, 6.07) is 7.60.